The van der Waals surface area contributed by atoms with Crippen LogP contribution in [0.4, 0.5) is 10.5 Å². The molecule has 1 saturated heterocycles. The van der Waals surface area contributed by atoms with Crippen LogP contribution in [0.2, 0.25) is 0 Å². The Morgan fingerprint density at radius 2 is 2.14 bits per heavy atom. The molecule has 2 aromatic rings. The lowest BCUT2D eigenvalue weighted by atomic mass is 10.1. The van der Waals surface area contributed by atoms with Gasteiger partial charge in [0.05, 0.1) is 36.5 Å². The Bertz CT molecular complexity index is 886. The summed E-state index contributed by atoms with van der Waals surface area (Å²) in [5, 5.41) is 25.7. The monoisotopic (exact) mass is 382 g/mol. The van der Waals surface area contributed by atoms with Gasteiger partial charge in [0.25, 0.3) is 0 Å². The zero-order valence-corrected chi connectivity index (χ0v) is 15.7. The topological polar surface area (TPSA) is 128 Å². The molecule has 3 N–H and O–H groups in total. The van der Waals surface area contributed by atoms with Crippen molar-refractivity contribution in [2.45, 2.75) is 25.0 Å². The zero-order chi connectivity index (χ0) is 20.1. The van der Waals surface area contributed by atoms with Gasteiger partial charge in [0.15, 0.2) is 0 Å². The van der Waals surface area contributed by atoms with Crippen LogP contribution in [0, 0.1) is 11.3 Å². The number of benzene rings is 1. The van der Waals surface area contributed by atoms with E-state index in [4.69, 9.17) is 5.26 Å². The van der Waals surface area contributed by atoms with Gasteiger partial charge in [-0.3, -0.25) is 4.79 Å². The molecule has 1 fully saturated rings. The van der Waals surface area contributed by atoms with Gasteiger partial charge in [0.2, 0.25) is 5.91 Å². The summed E-state index contributed by atoms with van der Waals surface area (Å²) < 4.78 is 1.73. The molecule has 1 aliphatic rings. The lowest BCUT2D eigenvalue weighted by Crippen LogP contribution is -2.38. The van der Waals surface area contributed by atoms with Crippen LogP contribution in [0.25, 0.3) is 0 Å². The van der Waals surface area contributed by atoms with Crippen molar-refractivity contribution in [1.29, 1.82) is 5.26 Å². The lowest BCUT2D eigenvalue weighted by molar-refractivity contribution is -0.122. The van der Waals surface area contributed by atoms with E-state index >= 15 is 0 Å². The number of likely N-dealkylation sites (N-methyl/N-ethyl adjacent to an activating group) is 1. The Kier molecular flexibility index (Phi) is 5.86. The van der Waals surface area contributed by atoms with Gasteiger partial charge < -0.3 is 20.9 Å². The number of anilines is 1. The second kappa shape index (κ2) is 8.49. The summed E-state index contributed by atoms with van der Waals surface area (Å²) >= 11 is 0. The van der Waals surface area contributed by atoms with E-state index < -0.39 is 0 Å². The SMILES string of the molecule is CNC(=O)[C@@H]1C[C@H](n2cc(CN(C)C(=O)Nc3ccc(C#N)cc3)nn2)CN1. The normalized spacial score (nSPS) is 18.3. The number of nitrogens with zero attached hydrogens (tertiary/aromatic N) is 5. The standard InChI is InChI=1S/C18H22N8O2/c1-20-17(27)16-7-15(9-21-16)26-11-14(23-24-26)10-25(2)18(28)22-13-5-3-12(8-19)4-6-13/h3-6,11,15-16,21H,7,9-10H2,1-2H3,(H,20,27)(H,22,28)/t15-,16-/m0/s1. The van der Waals surface area contributed by atoms with Gasteiger partial charge in [-0.2, -0.15) is 5.26 Å². The number of nitrogens with one attached hydrogen (secondary N) is 3. The highest BCUT2D eigenvalue weighted by molar-refractivity contribution is 5.89. The van der Waals surface area contributed by atoms with Crippen LogP contribution in [0.15, 0.2) is 30.5 Å². The number of hydrogen-bond donors (Lipinski definition) is 3. The summed E-state index contributed by atoms with van der Waals surface area (Å²) in [5.41, 5.74) is 1.79. The zero-order valence-electron chi connectivity index (χ0n) is 15.7. The van der Waals surface area contributed by atoms with Crippen molar-refractivity contribution in [2.24, 2.45) is 0 Å². The van der Waals surface area contributed by atoms with Gasteiger partial charge in [-0.25, -0.2) is 9.48 Å². The molecular weight excluding hydrogens is 360 g/mol. The number of nitriles is 1. The van der Waals surface area contributed by atoms with Crippen LogP contribution in [0.1, 0.15) is 23.7 Å². The fraction of sp³-hybridized carbons (Fsp3) is 0.389. The summed E-state index contributed by atoms with van der Waals surface area (Å²) in [4.78, 5) is 25.5. The molecule has 3 amide bonds. The van der Waals surface area contributed by atoms with E-state index in [0.29, 0.717) is 36.5 Å². The first-order valence-corrected chi connectivity index (χ1v) is 8.88. The third kappa shape index (κ3) is 4.44. The van der Waals surface area contributed by atoms with Crippen LogP contribution >= 0.6 is 0 Å². The van der Waals surface area contributed by atoms with E-state index in [9.17, 15) is 9.59 Å². The summed E-state index contributed by atoms with van der Waals surface area (Å²) in [6.07, 6.45) is 2.43. The van der Waals surface area contributed by atoms with Crippen molar-refractivity contribution in [3.05, 3.63) is 41.7 Å². The Morgan fingerprint density at radius 1 is 1.39 bits per heavy atom. The largest absolute Gasteiger partial charge is 0.358 e. The Balaban J connectivity index is 1.54. The number of amides is 3. The lowest BCUT2D eigenvalue weighted by Gasteiger charge is -2.16. The van der Waals surface area contributed by atoms with E-state index in [1.54, 1.807) is 49.2 Å². The summed E-state index contributed by atoms with van der Waals surface area (Å²) in [6, 6.07) is 8.19. The van der Waals surface area contributed by atoms with Gasteiger partial charge in [0, 0.05) is 26.3 Å². The molecular formula is C18H22N8O2. The second-order valence-corrected chi connectivity index (χ2v) is 6.63. The van der Waals surface area contributed by atoms with Gasteiger partial charge in [-0.1, -0.05) is 5.21 Å². The first-order chi connectivity index (χ1) is 13.5. The van der Waals surface area contributed by atoms with Crippen molar-refractivity contribution < 1.29 is 9.59 Å². The smallest absolute Gasteiger partial charge is 0.321 e. The Hall–Kier alpha value is -3.45. The average molecular weight is 382 g/mol. The van der Waals surface area contributed by atoms with E-state index in [1.165, 1.54) is 4.90 Å². The number of aromatic nitrogens is 3. The molecule has 146 valence electrons. The molecule has 0 saturated carbocycles. The molecule has 1 aromatic heterocycles. The van der Waals surface area contributed by atoms with Gasteiger partial charge in [0.1, 0.15) is 5.69 Å². The maximum atomic E-state index is 12.3. The summed E-state index contributed by atoms with van der Waals surface area (Å²) in [5.74, 6) is -0.0398. The molecule has 0 aliphatic carbocycles. The number of carbonyl (C=O) groups is 2. The predicted molar refractivity (Wildman–Crippen MR) is 101 cm³/mol. The fourth-order valence-electron chi connectivity index (χ4n) is 3.02. The number of hydrogen-bond acceptors (Lipinski definition) is 6. The fourth-order valence-corrected chi connectivity index (χ4v) is 3.02. The predicted octanol–water partition coefficient (Wildman–Crippen LogP) is 0.463. The molecule has 1 aromatic carbocycles. The highest BCUT2D eigenvalue weighted by Crippen LogP contribution is 2.19. The summed E-state index contributed by atoms with van der Waals surface area (Å²) in [7, 11) is 3.28. The van der Waals surface area contributed by atoms with Crippen LogP contribution in [-0.2, 0) is 11.3 Å². The number of rotatable bonds is 5. The molecule has 10 nitrogen and oxygen atoms in total. The van der Waals surface area contributed by atoms with Crippen LogP contribution in [0.3, 0.4) is 0 Å². The minimum atomic E-state index is -0.290. The van der Waals surface area contributed by atoms with Crippen molar-refractivity contribution in [2.75, 3.05) is 26.0 Å². The molecule has 0 unspecified atom stereocenters. The molecule has 0 bridgehead atoms. The molecule has 3 rings (SSSR count). The first-order valence-electron chi connectivity index (χ1n) is 8.88. The Labute approximate surface area is 162 Å². The minimum Gasteiger partial charge on any atom is -0.358 e. The van der Waals surface area contributed by atoms with E-state index in [2.05, 4.69) is 26.3 Å². The number of carbonyl (C=O) groups excluding carboxylic acids is 2. The van der Waals surface area contributed by atoms with E-state index in [1.807, 2.05) is 6.07 Å². The molecule has 0 radical (unpaired) electrons. The molecule has 2 atom stereocenters. The van der Waals surface area contributed by atoms with Gasteiger partial charge >= 0.3 is 6.03 Å². The van der Waals surface area contributed by atoms with Crippen LogP contribution in [0.5, 0.6) is 0 Å². The first kappa shape index (κ1) is 19.3. The molecule has 0 spiro atoms. The highest BCUT2D eigenvalue weighted by Gasteiger charge is 2.30. The van der Waals surface area contributed by atoms with Gasteiger partial charge in [-0.05, 0) is 30.7 Å². The Morgan fingerprint density at radius 3 is 2.82 bits per heavy atom. The van der Waals surface area contributed by atoms with E-state index in [0.717, 1.165) is 0 Å². The minimum absolute atomic E-state index is 0.0398. The quantitative estimate of drug-likeness (QED) is 0.689. The molecule has 10 heteroatoms. The van der Waals surface area contributed by atoms with Gasteiger partial charge in [-0.15, -0.1) is 5.10 Å². The van der Waals surface area contributed by atoms with E-state index in [-0.39, 0.29) is 24.0 Å². The maximum absolute atomic E-state index is 12.3. The average Bonchev–Trinajstić information content (AvgIpc) is 3.37. The summed E-state index contributed by atoms with van der Waals surface area (Å²) in [6.45, 7) is 0.928. The van der Waals surface area contributed by atoms with Crippen molar-refractivity contribution in [1.82, 2.24) is 30.5 Å². The molecule has 28 heavy (non-hydrogen) atoms. The van der Waals surface area contributed by atoms with Crippen LogP contribution in [-0.4, -0.2) is 58.5 Å². The third-order valence-corrected chi connectivity index (χ3v) is 4.61. The number of urea groups is 1. The molecule has 2 heterocycles. The van der Waals surface area contributed by atoms with Crippen molar-refractivity contribution in [3.63, 3.8) is 0 Å². The highest BCUT2D eigenvalue weighted by atomic mass is 16.2. The second-order valence-electron chi connectivity index (χ2n) is 6.63. The molecule has 1 aliphatic heterocycles. The van der Waals surface area contributed by atoms with Crippen molar-refractivity contribution in [3.8, 4) is 6.07 Å². The maximum Gasteiger partial charge on any atom is 0.321 e. The third-order valence-electron chi connectivity index (χ3n) is 4.61. The van der Waals surface area contributed by atoms with Crippen molar-refractivity contribution >= 4 is 17.6 Å². The van der Waals surface area contributed by atoms with Crippen LogP contribution < -0.4 is 16.0 Å².